The Morgan fingerprint density at radius 2 is 1.27 bits per heavy atom. The summed E-state index contributed by atoms with van der Waals surface area (Å²) in [5.74, 6) is 0.763. The lowest BCUT2D eigenvalue weighted by molar-refractivity contribution is -0.0906. The SMILES string of the molecule is Bc1cccc2c1C1(c3ccccc3-2)c2cc(OC(C)(C)C(C)(C)O)ccc2-c2c(-c3ccccc3)cccc21. The van der Waals surface area contributed by atoms with Crippen LogP contribution in [0.2, 0.25) is 0 Å². The summed E-state index contributed by atoms with van der Waals surface area (Å²) in [6.07, 6.45) is 0. The van der Waals surface area contributed by atoms with Gasteiger partial charge in [0.25, 0.3) is 0 Å². The predicted molar refractivity (Wildman–Crippen MR) is 167 cm³/mol. The van der Waals surface area contributed by atoms with E-state index in [1.165, 1.54) is 61.1 Å². The number of ether oxygens (including phenoxy) is 1. The maximum absolute atomic E-state index is 10.9. The van der Waals surface area contributed by atoms with Crippen LogP contribution in [-0.4, -0.2) is 24.2 Å². The fourth-order valence-electron chi connectivity index (χ4n) is 6.82. The van der Waals surface area contributed by atoms with Crippen LogP contribution in [-0.2, 0) is 5.41 Å². The predicted octanol–water partition coefficient (Wildman–Crippen LogP) is 6.88. The van der Waals surface area contributed by atoms with E-state index in [0.29, 0.717) is 0 Å². The molecule has 1 unspecified atom stereocenters. The van der Waals surface area contributed by atoms with Crippen molar-refractivity contribution >= 4 is 13.3 Å². The molecule has 0 fully saturated rings. The van der Waals surface area contributed by atoms with Crippen LogP contribution in [0.25, 0.3) is 33.4 Å². The van der Waals surface area contributed by atoms with Gasteiger partial charge in [-0.1, -0.05) is 103 Å². The number of hydrogen-bond acceptors (Lipinski definition) is 2. The van der Waals surface area contributed by atoms with Gasteiger partial charge in [-0.25, -0.2) is 0 Å². The molecule has 2 aliphatic rings. The zero-order valence-electron chi connectivity index (χ0n) is 23.7. The average Bonchev–Trinajstić information content (AvgIpc) is 3.40. The molecular formula is C37H33BO2. The van der Waals surface area contributed by atoms with Crippen LogP contribution in [0.4, 0.5) is 0 Å². The highest BCUT2D eigenvalue weighted by atomic mass is 16.5. The molecule has 0 saturated carbocycles. The van der Waals surface area contributed by atoms with Crippen molar-refractivity contribution in [1.29, 1.82) is 0 Å². The number of fused-ring (bicyclic) bond motifs is 10. The van der Waals surface area contributed by atoms with Gasteiger partial charge in [0.05, 0.1) is 11.0 Å². The van der Waals surface area contributed by atoms with E-state index in [-0.39, 0.29) is 0 Å². The van der Waals surface area contributed by atoms with E-state index in [1.807, 2.05) is 13.8 Å². The lowest BCUT2D eigenvalue weighted by Gasteiger charge is -2.38. The first-order valence-electron chi connectivity index (χ1n) is 14.1. The highest BCUT2D eigenvalue weighted by molar-refractivity contribution is 6.35. The molecule has 0 aliphatic heterocycles. The molecule has 1 atom stereocenters. The molecule has 2 aliphatic carbocycles. The lowest BCUT2D eigenvalue weighted by atomic mass is 9.67. The van der Waals surface area contributed by atoms with E-state index < -0.39 is 16.6 Å². The first-order valence-corrected chi connectivity index (χ1v) is 14.1. The second-order valence-electron chi connectivity index (χ2n) is 12.3. The van der Waals surface area contributed by atoms with Crippen LogP contribution >= 0.6 is 0 Å². The van der Waals surface area contributed by atoms with Crippen molar-refractivity contribution in [2.24, 2.45) is 0 Å². The van der Waals surface area contributed by atoms with Crippen LogP contribution in [0.3, 0.4) is 0 Å². The maximum Gasteiger partial charge on any atom is 0.139 e. The summed E-state index contributed by atoms with van der Waals surface area (Å²) < 4.78 is 6.56. The van der Waals surface area contributed by atoms with Crippen molar-refractivity contribution in [3.63, 3.8) is 0 Å². The molecule has 5 aromatic carbocycles. The topological polar surface area (TPSA) is 29.5 Å². The molecule has 0 saturated heterocycles. The molecule has 0 bridgehead atoms. The van der Waals surface area contributed by atoms with E-state index in [2.05, 4.69) is 117 Å². The van der Waals surface area contributed by atoms with Crippen molar-refractivity contribution in [2.75, 3.05) is 0 Å². The third-order valence-corrected chi connectivity index (χ3v) is 9.33. The van der Waals surface area contributed by atoms with Gasteiger partial charge in [-0.05, 0) is 95.5 Å². The number of benzene rings is 5. The minimum atomic E-state index is -1.02. The molecule has 3 heteroatoms. The van der Waals surface area contributed by atoms with Gasteiger partial charge in [0.2, 0.25) is 0 Å². The smallest absolute Gasteiger partial charge is 0.139 e. The Labute approximate surface area is 237 Å². The van der Waals surface area contributed by atoms with Gasteiger partial charge >= 0.3 is 0 Å². The third kappa shape index (κ3) is 3.28. The summed E-state index contributed by atoms with van der Waals surface area (Å²) in [6.45, 7) is 7.50. The Bertz CT molecular complexity index is 1800. The summed E-state index contributed by atoms with van der Waals surface area (Å²) in [5.41, 5.74) is 11.7. The fraction of sp³-hybridized carbons (Fsp3) is 0.189. The van der Waals surface area contributed by atoms with Gasteiger partial charge in [-0.2, -0.15) is 0 Å². The number of aliphatic hydroxyl groups is 1. The number of rotatable bonds is 4. The maximum atomic E-state index is 10.9. The Kier molecular flexibility index (Phi) is 5.27. The molecule has 1 N–H and O–H groups in total. The Hall–Kier alpha value is -4.08. The zero-order valence-corrected chi connectivity index (χ0v) is 23.7. The zero-order chi connectivity index (χ0) is 27.9. The van der Waals surface area contributed by atoms with Gasteiger partial charge in [-0.15, -0.1) is 0 Å². The Morgan fingerprint density at radius 3 is 2.05 bits per heavy atom. The molecule has 0 radical (unpaired) electrons. The second kappa shape index (κ2) is 8.46. The molecule has 5 aromatic rings. The molecule has 0 amide bonds. The van der Waals surface area contributed by atoms with Crippen molar-refractivity contribution in [3.05, 3.63) is 131 Å². The fourth-order valence-corrected chi connectivity index (χ4v) is 6.82. The summed E-state index contributed by atoms with van der Waals surface area (Å²) in [4.78, 5) is 0. The van der Waals surface area contributed by atoms with Crippen molar-refractivity contribution in [2.45, 2.75) is 44.3 Å². The van der Waals surface area contributed by atoms with E-state index in [0.717, 1.165) is 5.75 Å². The Balaban J connectivity index is 1.60. The summed E-state index contributed by atoms with van der Waals surface area (Å²) >= 11 is 0. The van der Waals surface area contributed by atoms with Crippen LogP contribution in [0.15, 0.2) is 109 Å². The van der Waals surface area contributed by atoms with Gasteiger partial charge in [0, 0.05) is 0 Å². The molecule has 0 heterocycles. The highest BCUT2D eigenvalue weighted by Crippen LogP contribution is 2.64. The molecular weight excluding hydrogens is 487 g/mol. The molecule has 1 spiro atoms. The normalized spacial score (nSPS) is 16.8. The van der Waals surface area contributed by atoms with Crippen LogP contribution in [0, 0.1) is 0 Å². The molecule has 7 rings (SSSR count). The monoisotopic (exact) mass is 520 g/mol. The van der Waals surface area contributed by atoms with Crippen LogP contribution < -0.4 is 10.2 Å². The summed E-state index contributed by atoms with van der Waals surface area (Å²) in [5, 5.41) is 10.9. The van der Waals surface area contributed by atoms with Crippen LogP contribution in [0.1, 0.15) is 49.9 Å². The van der Waals surface area contributed by atoms with Gasteiger partial charge in [0.15, 0.2) is 0 Å². The minimum absolute atomic E-state index is 0.467. The summed E-state index contributed by atoms with van der Waals surface area (Å²) in [7, 11) is 2.24. The van der Waals surface area contributed by atoms with Gasteiger partial charge < -0.3 is 9.84 Å². The second-order valence-corrected chi connectivity index (χ2v) is 12.3. The first kappa shape index (κ1) is 24.9. The molecule has 2 nitrogen and oxygen atoms in total. The van der Waals surface area contributed by atoms with E-state index in [9.17, 15) is 5.11 Å². The van der Waals surface area contributed by atoms with Gasteiger partial charge in [-0.3, -0.25) is 0 Å². The lowest BCUT2D eigenvalue weighted by Crippen LogP contribution is -2.49. The highest BCUT2D eigenvalue weighted by Gasteiger charge is 2.53. The largest absolute Gasteiger partial charge is 0.485 e. The quantitative estimate of drug-likeness (QED) is 0.256. The van der Waals surface area contributed by atoms with E-state index >= 15 is 0 Å². The standard InChI is InChI=1S/C37H33BO2/c1-35(2,39)36(3,4)40-24-20-21-28-31(22-24)37(30-18-10-15-25(33(28)30)23-12-6-5-7-13-23)29-17-9-8-14-26(29)27-16-11-19-32(38)34(27)37/h5-22,39H,38H2,1-4H3. The van der Waals surface area contributed by atoms with Crippen molar-refractivity contribution in [1.82, 2.24) is 0 Å². The molecule has 0 aromatic heterocycles. The molecule has 40 heavy (non-hydrogen) atoms. The van der Waals surface area contributed by atoms with Crippen LogP contribution in [0.5, 0.6) is 5.75 Å². The van der Waals surface area contributed by atoms with Crippen molar-refractivity contribution in [3.8, 4) is 39.1 Å². The van der Waals surface area contributed by atoms with E-state index in [4.69, 9.17) is 4.74 Å². The van der Waals surface area contributed by atoms with E-state index in [1.54, 1.807) is 13.8 Å². The first-order chi connectivity index (χ1) is 19.1. The average molecular weight is 520 g/mol. The number of hydrogen-bond donors (Lipinski definition) is 1. The minimum Gasteiger partial charge on any atom is -0.485 e. The molecule has 196 valence electrons. The third-order valence-electron chi connectivity index (χ3n) is 9.33. The Morgan fingerprint density at radius 1 is 0.625 bits per heavy atom. The van der Waals surface area contributed by atoms with Gasteiger partial charge in [0.1, 0.15) is 19.2 Å². The van der Waals surface area contributed by atoms with Crippen molar-refractivity contribution < 1.29 is 9.84 Å². The summed E-state index contributed by atoms with van der Waals surface area (Å²) in [6, 6.07) is 39.6.